The first kappa shape index (κ1) is 20.5. The Kier molecular flexibility index (Phi) is 7.02. The molecule has 2 atom stereocenters. The van der Waals surface area contributed by atoms with Crippen LogP contribution < -0.4 is 9.64 Å². The lowest BCUT2D eigenvalue weighted by atomic mass is 9.81. The molecule has 0 bridgehead atoms. The predicted octanol–water partition coefficient (Wildman–Crippen LogP) is 3.53. The van der Waals surface area contributed by atoms with E-state index in [0.717, 1.165) is 5.69 Å². The maximum Gasteiger partial charge on any atom is 0.339 e. The minimum Gasteiger partial charge on any atom is -0.497 e. The average Bonchev–Trinajstić information content (AvgIpc) is 2.72. The molecule has 144 valence electrons. The van der Waals surface area contributed by atoms with Crippen LogP contribution in [0.25, 0.3) is 0 Å². The molecule has 0 aliphatic carbocycles. The van der Waals surface area contributed by atoms with Gasteiger partial charge in [0.15, 0.2) is 5.54 Å². The van der Waals surface area contributed by atoms with Crippen molar-refractivity contribution in [1.82, 2.24) is 0 Å². The minimum atomic E-state index is -1.46. The second-order valence-corrected chi connectivity index (χ2v) is 5.98. The summed E-state index contributed by atoms with van der Waals surface area (Å²) < 4.78 is 10.7. The Morgan fingerprint density at radius 1 is 1.19 bits per heavy atom. The zero-order valence-corrected chi connectivity index (χ0v) is 16.1. The van der Waals surface area contributed by atoms with Gasteiger partial charge in [-0.3, -0.25) is 0 Å². The quantitative estimate of drug-likeness (QED) is 0.541. The van der Waals surface area contributed by atoms with Crippen LogP contribution in [0.5, 0.6) is 5.75 Å². The van der Waals surface area contributed by atoms with Gasteiger partial charge in [0.2, 0.25) is 0 Å². The normalized spacial score (nSPS) is 13.9. The molecule has 27 heavy (non-hydrogen) atoms. The van der Waals surface area contributed by atoms with Crippen molar-refractivity contribution < 1.29 is 19.4 Å². The fraction of sp³-hybridized carbons (Fsp3) is 0.318. The number of aliphatic hydroxyl groups excluding tert-OH is 1. The van der Waals surface area contributed by atoms with Gasteiger partial charge in [0.05, 0.1) is 13.7 Å². The molecule has 0 radical (unpaired) electrons. The van der Waals surface area contributed by atoms with E-state index >= 15 is 0 Å². The highest BCUT2D eigenvalue weighted by atomic mass is 16.5. The molecule has 2 rings (SSSR count). The highest BCUT2D eigenvalue weighted by Crippen LogP contribution is 2.38. The Balaban J connectivity index is 2.73. The molecule has 2 aromatic carbocycles. The average molecular weight is 369 g/mol. The fourth-order valence-electron chi connectivity index (χ4n) is 3.34. The highest BCUT2D eigenvalue weighted by molar-refractivity contribution is 5.88. The molecule has 0 amide bonds. The molecule has 0 saturated carbocycles. The van der Waals surface area contributed by atoms with E-state index < -0.39 is 17.6 Å². The smallest absolute Gasteiger partial charge is 0.339 e. The number of methoxy groups -OCH3 is 1. The maximum atomic E-state index is 13.3. The number of aliphatic hydroxyl groups is 1. The lowest BCUT2D eigenvalue weighted by Crippen LogP contribution is -2.60. The number of benzene rings is 2. The van der Waals surface area contributed by atoms with Crippen molar-refractivity contribution in [3.05, 3.63) is 72.8 Å². The summed E-state index contributed by atoms with van der Waals surface area (Å²) in [6.07, 6.45) is 0.192. The second kappa shape index (κ2) is 9.24. The van der Waals surface area contributed by atoms with Crippen molar-refractivity contribution in [2.45, 2.75) is 25.5 Å². The van der Waals surface area contributed by atoms with E-state index in [1.807, 2.05) is 66.4 Å². The molecule has 0 saturated heterocycles. The number of hydrogen-bond acceptors (Lipinski definition) is 5. The van der Waals surface area contributed by atoms with Crippen molar-refractivity contribution in [3.63, 3.8) is 0 Å². The van der Waals surface area contributed by atoms with E-state index in [0.29, 0.717) is 17.9 Å². The second-order valence-electron chi connectivity index (χ2n) is 5.98. The molecule has 1 N–H and O–H groups in total. The summed E-state index contributed by atoms with van der Waals surface area (Å²) in [6.45, 7) is 8.07. The first-order valence-electron chi connectivity index (χ1n) is 9.01. The van der Waals surface area contributed by atoms with E-state index in [-0.39, 0.29) is 6.61 Å². The summed E-state index contributed by atoms with van der Waals surface area (Å²) in [5, 5.41) is 11.0. The zero-order chi connectivity index (χ0) is 19.9. The van der Waals surface area contributed by atoms with Crippen molar-refractivity contribution in [2.75, 3.05) is 25.2 Å². The van der Waals surface area contributed by atoms with E-state index in [1.54, 1.807) is 14.0 Å². The molecule has 0 heterocycles. The molecule has 0 aliphatic heterocycles. The Hall–Kier alpha value is -2.79. The first-order valence-corrected chi connectivity index (χ1v) is 9.01. The van der Waals surface area contributed by atoms with Gasteiger partial charge in [-0.15, -0.1) is 6.58 Å². The van der Waals surface area contributed by atoms with Gasteiger partial charge in [-0.25, -0.2) is 4.79 Å². The van der Waals surface area contributed by atoms with E-state index in [4.69, 9.17) is 9.47 Å². The molecule has 2 aromatic rings. The summed E-state index contributed by atoms with van der Waals surface area (Å²) in [7, 11) is 1.60. The Bertz CT molecular complexity index is 745. The fourth-order valence-corrected chi connectivity index (χ4v) is 3.34. The Labute approximate surface area is 160 Å². The van der Waals surface area contributed by atoms with Gasteiger partial charge in [0.25, 0.3) is 0 Å². The summed E-state index contributed by atoms with van der Waals surface area (Å²) in [5.41, 5.74) is -0.0628. The van der Waals surface area contributed by atoms with Crippen LogP contribution in [0.15, 0.2) is 67.3 Å². The topological polar surface area (TPSA) is 59.0 Å². The summed E-state index contributed by atoms with van der Waals surface area (Å²) in [6, 6.07) is 16.5. The van der Waals surface area contributed by atoms with E-state index in [2.05, 4.69) is 6.58 Å². The molecule has 0 aromatic heterocycles. The number of ether oxygens (including phenoxy) is 2. The molecular formula is C22H27NO4. The van der Waals surface area contributed by atoms with Crippen LogP contribution in [0.1, 0.15) is 19.4 Å². The standard InChI is InChI=1S/C22H27NO4/c1-5-20(24)22(21(25)27-7-3,17-11-9-8-10-12-17)23(6-2)18-13-15-19(26-4)16-14-18/h5,8-16,20,24H,1,6-7H2,2-4H3. The number of likely N-dealkylation sites (N-methyl/N-ethyl adjacent to an activating group) is 1. The first-order chi connectivity index (χ1) is 13.1. The van der Waals surface area contributed by atoms with Gasteiger partial charge in [-0.05, 0) is 43.7 Å². The number of nitrogens with zero attached hydrogens (tertiary/aromatic N) is 1. The molecule has 5 heteroatoms. The maximum absolute atomic E-state index is 13.3. The molecule has 0 aliphatic rings. The van der Waals surface area contributed by atoms with Crippen LogP contribution in [-0.2, 0) is 15.1 Å². The summed E-state index contributed by atoms with van der Waals surface area (Å²) in [5.74, 6) is 0.182. The summed E-state index contributed by atoms with van der Waals surface area (Å²) >= 11 is 0. The highest BCUT2D eigenvalue weighted by Gasteiger charge is 2.51. The predicted molar refractivity (Wildman–Crippen MR) is 107 cm³/mol. The van der Waals surface area contributed by atoms with Crippen LogP contribution in [-0.4, -0.2) is 37.4 Å². The van der Waals surface area contributed by atoms with Crippen molar-refractivity contribution in [3.8, 4) is 5.75 Å². The third-order valence-corrected chi connectivity index (χ3v) is 4.58. The van der Waals surface area contributed by atoms with Gasteiger partial charge >= 0.3 is 5.97 Å². The lowest BCUT2D eigenvalue weighted by Gasteiger charge is -2.45. The lowest BCUT2D eigenvalue weighted by molar-refractivity contribution is -0.154. The van der Waals surface area contributed by atoms with E-state index in [9.17, 15) is 9.90 Å². The number of carbonyl (C=O) groups excluding carboxylic acids is 1. The van der Waals surface area contributed by atoms with Gasteiger partial charge in [-0.1, -0.05) is 36.4 Å². The summed E-state index contributed by atoms with van der Waals surface area (Å²) in [4.78, 5) is 15.1. The monoisotopic (exact) mass is 369 g/mol. The number of esters is 1. The van der Waals surface area contributed by atoms with Crippen LogP contribution in [0.2, 0.25) is 0 Å². The van der Waals surface area contributed by atoms with Gasteiger partial charge in [-0.2, -0.15) is 0 Å². The number of hydrogen-bond donors (Lipinski definition) is 1. The van der Waals surface area contributed by atoms with Crippen molar-refractivity contribution >= 4 is 11.7 Å². The molecule has 2 unspecified atom stereocenters. The molecule has 0 spiro atoms. The number of rotatable bonds is 9. The van der Waals surface area contributed by atoms with Crippen molar-refractivity contribution in [2.24, 2.45) is 0 Å². The van der Waals surface area contributed by atoms with Gasteiger partial charge < -0.3 is 19.5 Å². The number of anilines is 1. The SMILES string of the molecule is C=CC(O)C(C(=O)OCC)(c1ccccc1)N(CC)c1ccc(OC)cc1. The Morgan fingerprint density at radius 2 is 1.81 bits per heavy atom. The third-order valence-electron chi connectivity index (χ3n) is 4.58. The zero-order valence-electron chi connectivity index (χ0n) is 16.1. The third kappa shape index (κ3) is 3.83. The van der Waals surface area contributed by atoms with Gasteiger partial charge in [0.1, 0.15) is 11.9 Å². The van der Waals surface area contributed by atoms with E-state index in [1.165, 1.54) is 6.08 Å². The number of carbonyl (C=O) groups is 1. The molecule has 0 fully saturated rings. The molecular weight excluding hydrogens is 342 g/mol. The molecule has 5 nitrogen and oxygen atoms in total. The largest absolute Gasteiger partial charge is 0.497 e. The Morgan fingerprint density at radius 3 is 2.30 bits per heavy atom. The minimum absolute atomic E-state index is 0.206. The van der Waals surface area contributed by atoms with Crippen LogP contribution >= 0.6 is 0 Å². The van der Waals surface area contributed by atoms with Crippen LogP contribution in [0, 0.1) is 0 Å². The van der Waals surface area contributed by atoms with Gasteiger partial charge in [0, 0.05) is 12.2 Å². The van der Waals surface area contributed by atoms with Crippen molar-refractivity contribution in [1.29, 1.82) is 0 Å². The van der Waals surface area contributed by atoms with Crippen LogP contribution in [0.3, 0.4) is 0 Å². The van der Waals surface area contributed by atoms with Crippen LogP contribution in [0.4, 0.5) is 5.69 Å².